The molecule has 0 radical (unpaired) electrons. The van der Waals surface area contributed by atoms with Crippen molar-refractivity contribution in [3.05, 3.63) is 147 Å². The number of benzene rings is 5. The Bertz CT molecular complexity index is 2840. The summed E-state index contributed by atoms with van der Waals surface area (Å²) in [6, 6.07) is 36.9. The van der Waals surface area contributed by atoms with Gasteiger partial charge in [0.15, 0.2) is 11.2 Å². The van der Waals surface area contributed by atoms with Crippen LogP contribution in [0.4, 0.5) is 11.4 Å². The van der Waals surface area contributed by atoms with Gasteiger partial charge in [-0.1, -0.05) is 86.3 Å². The second-order valence-electron chi connectivity index (χ2n) is 17.6. The molecule has 13 nitrogen and oxygen atoms in total. The Labute approximate surface area is 398 Å². The van der Waals surface area contributed by atoms with Crippen molar-refractivity contribution in [3.63, 3.8) is 0 Å². The van der Waals surface area contributed by atoms with Crippen LogP contribution in [0.15, 0.2) is 135 Å². The van der Waals surface area contributed by atoms with E-state index in [4.69, 9.17) is 9.84 Å². The molecule has 1 aliphatic rings. The predicted octanol–water partition coefficient (Wildman–Crippen LogP) is 9.33. The molecule has 8 rings (SSSR count). The van der Waals surface area contributed by atoms with Gasteiger partial charge in [-0.05, 0) is 131 Å². The lowest BCUT2D eigenvalue weighted by Gasteiger charge is -2.36. The van der Waals surface area contributed by atoms with Crippen LogP contribution < -0.4 is 20.9 Å². The largest absolute Gasteiger partial charge is 0.508 e. The highest BCUT2D eigenvalue weighted by molar-refractivity contribution is 7.99. The van der Waals surface area contributed by atoms with E-state index in [0.29, 0.717) is 34.8 Å². The molecule has 0 saturated heterocycles. The van der Waals surface area contributed by atoms with E-state index in [2.05, 4.69) is 123 Å². The van der Waals surface area contributed by atoms with Crippen molar-refractivity contribution >= 4 is 51.0 Å². The molecule has 0 spiro atoms. The number of imidazole rings is 1. The number of para-hydroxylation sites is 2. The Kier molecular flexibility index (Phi) is 18.0. The van der Waals surface area contributed by atoms with Crippen molar-refractivity contribution in [3.8, 4) is 11.5 Å². The van der Waals surface area contributed by atoms with E-state index in [-0.39, 0.29) is 11.2 Å². The number of aryl methyl sites for hydroxylation is 2. The molecular weight excluding hydrogens is 863 g/mol. The van der Waals surface area contributed by atoms with Crippen molar-refractivity contribution in [2.45, 2.75) is 61.8 Å². The van der Waals surface area contributed by atoms with Gasteiger partial charge in [-0.2, -0.15) is 0 Å². The summed E-state index contributed by atoms with van der Waals surface area (Å²) in [5.74, 6) is 1.00. The average Bonchev–Trinajstić information content (AvgIpc) is 3.71. The summed E-state index contributed by atoms with van der Waals surface area (Å²) >= 11 is 1.87. The van der Waals surface area contributed by atoms with Crippen molar-refractivity contribution in [1.82, 2.24) is 28.5 Å². The number of hydrogen-bond donors (Lipinski definition) is 2. The number of carboxylic acid groups (broad SMARTS) is 1. The number of carbonyl (C=O) groups is 1. The van der Waals surface area contributed by atoms with Crippen molar-refractivity contribution < 1.29 is 19.7 Å². The van der Waals surface area contributed by atoms with E-state index in [1.807, 2.05) is 60.3 Å². The average molecular weight is 930 g/mol. The molecule has 2 aromatic heterocycles. The molecule has 0 saturated carbocycles. The molecule has 1 aliphatic heterocycles. The van der Waals surface area contributed by atoms with Crippen LogP contribution in [0.25, 0.3) is 21.9 Å². The second-order valence-corrected chi connectivity index (χ2v) is 18.7. The van der Waals surface area contributed by atoms with Crippen molar-refractivity contribution in [2.24, 2.45) is 27.1 Å². The number of nitrogens with zero attached hydrogens (tertiary/aromatic N) is 7. The molecule has 5 aromatic carbocycles. The van der Waals surface area contributed by atoms with E-state index >= 15 is 0 Å². The summed E-state index contributed by atoms with van der Waals surface area (Å²) in [5.41, 5.74) is 4.89. The fourth-order valence-corrected chi connectivity index (χ4v) is 9.18. The van der Waals surface area contributed by atoms with Gasteiger partial charge in [0, 0.05) is 50.1 Å². The minimum absolute atomic E-state index is 0.317. The zero-order valence-electron chi connectivity index (χ0n) is 41.0. The van der Waals surface area contributed by atoms with E-state index in [0.717, 1.165) is 46.2 Å². The SMILES string of the molecule is CC(CN1c2ccccc2Sc2ccccc21)N(C)C.CC[C@@H](c1cccc(O)c1)[C@@H](C)CN(C)C.COc1ccc2cc([C@H](C)C(=O)O)ccc2c1.Cn1c(=O)c2c(ncn2C)n(C)c1=O. The molecule has 1 unspecified atom stereocenters. The highest BCUT2D eigenvalue weighted by atomic mass is 32.2. The number of hydrogen-bond acceptors (Lipinski definition) is 10. The Hall–Kier alpha value is -6.35. The van der Waals surface area contributed by atoms with E-state index in [1.54, 1.807) is 38.8 Å². The highest BCUT2D eigenvalue weighted by Gasteiger charge is 2.25. The van der Waals surface area contributed by atoms with Crippen LogP contribution >= 0.6 is 11.8 Å². The monoisotopic (exact) mass is 929 g/mol. The number of phenolic OH excluding ortho intramolecular Hbond substituents is 1. The third-order valence-electron chi connectivity index (χ3n) is 12.2. The van der Waals surface area contributed by atoms with E-state index in [9.17, 15) is 19.5 Å². The van der Waals surface area contributed by atoms with Gasteiger partial charge in [0.05, 0.1) is 30.7 Å². The predicted molar refractivity (Wildman–Crippen MR) is 274 cm³/mol. The molecule has 2 N–H and O–H groups in total. The molecule has 0 amide bonds. The third kappa shape index (κ3) is 12.8. The summed E-state index contributed by atoms with van der Waals surface area (Å²) in [4.78, 5) is 47.7. The number of anilines is 2. The van der Waals surface area contributed by atoms with Crippen LogP contribution in [-0.2, 0) is 25.9 Å². The summed E-state index contributed by atoms with van der Waals surface area (Å²) in [5, 5.41) is 20.6. The molecule has 3 heterocycles. The van der Waals surface area contributed by atoms with Crippen LogP contribution in [-0.4, -0.2) is 99.1 Å². The molecule has 0 fully saturated rings. The lowest BCUT2D eigenvalue weighted by Crippen LogP contribution is -2.37. The topological polar surface area (TPSA) is 138 Å². The minimum atomic E-state index is -0.808. The highest BCUT2D eigenvalue weighted by Crippen LogP contribution is 2.48. The van der Waals surface area contributed by atoms with Crippen LogP contribution in [0.3, 0.4) is 0 Å². The number of rotatable bonds is 11. The molecule has 67 heavy (non-hydrogen) atoms. The van der Waals surface area contributed by atoms with Crippen LogP contribution in [0.5, 0.6) is 11.5 Å². The molecule has 0 bridgehead atoms. The fraction of sp³-hybridized carbons (Fsp3) is 0.358. The summed E-state index contributed by atoms with van der Waals surface area (Å²) in [6.07, 6.45) is 2.63. The van der Waals surface area contributed by atoms with Gasteiger partial charge in [0.2, 0.25) is 0 Å². The summed E-state index contributed by atoms with van der Waals surface area (Å²) in [7, 11) is 14.9. The first-order valence-electron chi connectivity index (χ1n) is 22.5. The Morgan fingerprint density at radius 1 is 0.776 bits per heavy atom. The normalized spacial score (nSPS) is 13.5. The number of fused-ring (bicyclic) bond motifs is 4. The van der Waals surface area contributed by atoms with E-state index < -0.39 is 11.9 Å². The number of phenols is 1. The van der Waals surface area contributed by atoms with Gasteiger partial charge in [-0.3, -0.25) is 18.7 Å². The Balaban J connectivity index is 0.000000169. The standard InChI is InChI=1S/C17H20N2S.C14H23NO.C14H14O3.C8H10N4O2/c1-13(18(2)3)12-19-14-8-4-6-10-16(14)20-17-11-7-5-9-15(17)19;1-5-14(11(2)10-15(3)4)12-7-6-8-13(16)9-12;1-9(14(15)16)10-3-4-12-8-13(17-2)6-5-11(12)7-10;1-10-4-9-6-5(10)7(13)12(3)8(14)11(6)2/h4-11,13H,12H2,1-3H3;6-9,11,14,16H,5,10H2,1-4H3;3-9H,1-2H3,(H,15,16);4H,1-3H3/t;11-,14+;9-;/m.00./s1. The maximum atomic E-state index is 11.7. The number of aliphatic carboxylic acids is 1. The summed E-state index contributed by atoms with van der Waals surface area (Å²) < 4.78 is 9.18. The Morgan fingerprint density at radius 3 is 1.96 bits per heavy atom. The van der Waals surface area contributed by atoms with Crippen molar-refractivity contribution in [1.29, 1.82) is 0 Å². The number of carboxylic acids is 1. The first-order chi connectivity index (χ1) is 31.9. The van der Waals surface area contributed by atoms with Gasteiger partial charge < -0.3 is 34.2 Å². The lowest BCUT2D eigenvalue weighted by atomic mass is 9.85. The maximum absolute atomic E-state index is 11.7. The number of aromatic nitrogens is 4. The van der Waals surface area contributed by atoms with Crippen LogP contribution in [0, 0.1) is 5.92 Å². The number of likely N-dealkylation sites (N-methyl/N-ethyl adjacent to an activating group) is 1. The maximum Gasteiger partial charge on any atom is 0.332 e. The van der Waals surface area contributed by atoms with Crippen molar-refractivity contribution in [2.75, 3.05) is 53.3 Å². The minimum Gasteiger partial charge on any atom is -0.508 e. The molecule has 14 heteroatoms. The first kappa shape index (κ1) is 51.6. The number of aromatic hydroxyl groups is 1. The van der Waals surface area contributed by atoms with Gasteiger partial charge in [-0.25, -0.2) is 9.78 Å². The molecule has 0 aliphatic carbocycles. The lowest BCUT2D eigenvalue weighted by molar-refractivity contribution is -0.138. The fourth-order valence-electron chi connectivity index (χ4n) is 8.08. The second kappa shape index (κ2) is 23.4. The van der Waals surface area contributed by atoms with Gasteiger partial charge >= 0.3 is 11.7 Å². The van der Waals surface area contributed by atoms with Gasteiger partial charge in [-0.15, -0.1) is 0 Å². The quantitative estimate of drug-likeness (QED) is 0.128. The summed E-state index contributed by atoms with van der Waals surface area (Å²) in [6.45, 7) is 10.5. The molecule has 356 valence electrons. The van der Waals surface area contributed by atoms with Gasteiger partial charge in [0.1, 0.15) is 11.5 Å². The van der Waals surface area contributed by atoms with E-state index in [1.165, 1.54) is 44.7 Å². The van der Waals surface area contributed by atoms with Crippen LogP contribution in [0.1, 0.15) is 57.1 Å². The number of ether oxygens (including phenoxy) is 1. The first-order valence-corrected chi connectivity index (χ1v) is 23.3. The van der Waals surface area contributed by atoms with Crippen LogP contribution in [0.2, 0.25) is 0 Å². The van der Waals surface area contributed by atoms with Gasteiger partial charge in [0.25, 0.3) is 5.56 Å². The number of methoxy groups -OCH3 is 1. The zero-order valence-corrected chi connectivity index (χ0v) is 41.8. The molecule has 7 aromatic rings. The molecule has 4 atom stereocenters. The third-order valence-corrected chi connectivity index (χ3v) is 13.3. The zero-order chi connectivity index (χ0) is 49.1. The smallest absolute Gasteiger partial charge is 0.332 e. The molecular formula is C53H67N7O6S. The Morgan fingerprint density at radius 2 is 1.39 bits per heavy atom.